The van der Waals surface area contributed by atoms with Crippen molar-refractivity contribution in [3.63, 3.8) is 0 Å². The van der Waals surface area contributed by atoms with E-state index in [0.717, 1.165) is 19.1 Å². The zero-order valence-corrected chi connectivity index (χ0v) is 8.44. The second-order valence-corrected chi connectivity index (χ2v) is 4.10. The van der Waals surface area contributed by atoms with Crippen molar-refractivity contribution in [3.8, 4) is 0 Å². The Labute approximate surface area is 80.4 Å². The molecule has 2 nitrogen and oxygen atoms in total. The molecule has 1 unspecified atom stereocenters. The van der Waals surface area contributed by atoms with Crippen LogP contribution in [0.5, 0.6) is 0 Å². The van der Waals surface area contributed by atoms with Gasteiger partial charge in [-0.2, -0.15) is 0 Å². The molecule has 0 amide bonds. The van der Waals surface area contributed by atoms with Gasteiger partial charge in [0.15, 0.2) is 0 Å². The van der Waals surface area contributed by atoms with Crippen molar-refractivity contribution >= 4 is 0 Å². The first kappa shape index (κ1) is 9.22. The van der Waals surface area contributed by atoms with Crippen molar-refractivity contribution in [3.05, 3.63) is 11.1 Å². The fraction of sp³-hybridized carbons (Fsp3) is 0.818. The molecule has 1 atom stereocenters. The molecule has 2 aliphatic rings. The minimum atomic E-state index is 0.752. The molecule has 2 heterocycles. The van der Waals surface area contributed by atoms with Crippen LogP contribution < -0.4 is 5.32 Å². The van der Waals surface area contributed by atoms with Crippen LogP contribution in [0.25, 0.3) is 0 Å². The lowest BCUT2D eigenvalue weighted by atomic mass is 9.87. The Balaban J connectivity index is 2.09. The van der Waals surface area contributed by atoms with Gasteiger partial charge in [-0.15, -0.1) is 0 Å². The molecular formula is C11H19NO. The van der Waals surface area contributed by atoms with Crippen molar-refractivity contribution in [2.45, 2.75) is 26.2 Å². The quantitative estimate of drug-likeness (QED) is 0.575. The smallest absolute Gasteiger partial charge is 0.0503 e. The van der Waals surface area contributed by atoms with E-state index in [1.807, 2.05) is 0 Å². The zero-order valence-electron chi connectivity index (χ0n) is 8.44. The van der Waals surface area contributed by atoms with Gasteiger partial charge in [-0.25, -0.2) is 0 Å². The van der Waals surface area contributed by atoms with Crippen LogP contribution >= 0.6 is 0 Å². The van der Waals surface area contributed by atoms with Crippen LogP contribution in [0.1, 0.15) is 26.2 Å². The summed E-state index contributed by atoms with van der Waals surface area (Å²) in [6.07, 6.45) is 3.62. The lowest BCUT2D eigenvalue weighted by Crippen LogP contribution is -2.31. The van der Waals surface area contributed by atoms with Crippen molar-refractivity contribution in [2.75, 3.05) is 26.3 Å². The Morgan fingerprint density at radius 3 is 2.69 bits per heavy atom. The molecule has 74 valence electrons. The molecule has 0 aromatic carbocycles. The van der Waals surface area contributed by atoms with E-state index in [0.29, 0.717) is 0 Å². The van der Waals surface area contributed by atoms with Crippen LogP contribution in [0.3, 0.4) is 0 Å². The normalized spacial score (nSPS) is 30.7. The molecule has 2 aliphatic heterocycles. The lowest BCUT2D eigenvalue weighted by molar-refractivity contribution is 0.117. The van der Waals surface area contributed by atoms with Gasteiger partial charge in [0.1, 0.15) is 0 Å². The van der Waals surface area contributed by atoms with Crippen LogP contribution in [0, 0.1) is 5.92 Å². The molecule has 1 N–H and O–H groups in total. The van der Waals surface area contributed by atoms with Gasteiger partial charge in [-0.3, -0.25) is 0 Å². The third-order valence-electron chi connectivity index (χ3n) is 3.17. The van der Waals surface area contributed by atoms with Gasteiger partial charge in [0.25, 0.3) is 0 Å². The zero-order chi connectivity index (χ0) is 9.10. The standard InChI is InChI=1S/C11H19NO/c1-9-8-12-5-2-11(9)10-3-6-13-7-4-10/h9,12H,2-8H2,1H3. The van der Waals surface area contributed by atoms with Gasteiger partial charge < -0.3 is 10.1 Å². The molecule has 2 saturated heterocycles. The van der Waals surface area contributed by atoms with E-state index in [2.05, 4.69) is 12.2 Å². The van der Waals surface area contributed by atoms with Crippen molar-refractivity contribution in [1.29, 1.82) is 0 Å². The van der Waals surface area contributed by atoms with Crippen molar-refractivity contribution < 1.29 is 4.74 Å². The van der Waals surface area contributed by atoms with Gasteiger partial charge in [0.2, 0.25) is 0 Å². The highest BCUT2D eigenvalue weighted by atomic mass is 16.5. The van der Waals surface area contributed by atoms with Gasteiger partial charge in [0, 0.05) is 6.54 Å². The van der Waals surface area contributed by atoms with Crippen molar-refractivity contribution in [1.82, 2.24) is 5.32 Å². The number of piperidine rings is 1. The first-order valence-corrected chi connectivity index (χ1v) is 5.37. The maximum atomic E-state index is 5.38. The molecule has 0 aliphatic carbocycles. The highest BCUT2D eigenvalue weighted by molar-refractivity contribution is 5.20. The Kier molecular flexibility index (Phi) is 3.01. The second kappa shape index (κ2) is 4.25. The van der Waals surface area contributed by atoms with Crippen LogP contribution in [0.4, 0.5) is 0 Å². The van der Waals surface area contributed by atoms with Crippen LogP contribution in [0.15, 0.2) is 11.1 Å². The van der Waals surface area contributed by atoms with E-state index in [4.69, 9.17) is 4.74 Å². The molecule has 13 heavy (non-hydrogen) atoms. The number of rotatable bonds is 0. The predicted molar refractivity (Wildman–Crippen MR) is 53.7 cm³/mol. The first-order valence-electron chi connectivity index (χ1n) is 5.37. The monoisotopic (exact) mass is 181 g/mol. The fourth-order valence-corrected chi connectivity index (χ4v) is 2.38. The number of ether oxygens (including phenoxy) is 1. The Morgan fingerprint density at radius 1 is 1.23 bits per heavy atom. The summed E-state index contributed by atoms with van der Waals surface area (Å²) in [6, 6.07) is 0. The first-order chi connectivity index (χ1) is 6.38. The summed E-state index contributed by atoms with van der Waals surface area (Å²) in [6.45, 7) is 6.56. The molecule has 2 rings (SSSR count). The molecule has 0 bridgehead atoms. The second-order valence-electron chi connectivity index (χ2n) is 4.10. The highest BCUT2D eigenvalue weighted by Crippen LogP contribution is 2.27. The summed E-state index contributed by atoms with van der Waals surface area (Å²) in [7, 11) is 0. The number of hydrogen-bond acceptors (Lipinski definition) is 2. The largest absolute Gasteiger partial charge is 0.381 e. The molecule has 0 radical (unpaired) electrons. The average molecular weight is 181 g/mol. The van der Waals surface area contributed by atoms with E-state index in [1.54, 1.807) is 11.1 Å². The minimum Gasteiger partial charge on any atom is -0.381 e. The molecule has 0 spiro atoms. The summed E-state index contributed by atoms with van der Waals surface area (Å²) >= 11 is 0. The third kappa shape index (κ3) is 2.12. The molecule has 2 heteroatoms. The fourth-order valence-electron chi connectivity index (χ4n) is 2.38. The summed E-state index contributed by atoms with van der Waals surface area (Å²) < 4.78 is 5.38. The maximum Gasteiger partial charge on any atom is 0.0503 e. The van der Waals surface area contributed by atoms with E-state index in [9.17, 15) is 0 Å². The summed E-state index contributed by atoms with van der Waals surface area (Å²) in [5.74, 6) is 0.752. The molecular weight excluding hydrogens is 162 g/mol. The van der Waals surface area contributed by atoms with E-state index < -0.39 is 0 Å². The molecule has 0 saturated carbocycles. The van der Waals surface area contributed by atoms with Crippen LogP contribution in [-0.2, 0) is 4.74 Å². The van der Waals surface area contributed by atoms with Crippen molar-refractivity contribution in [2.24, 2.45) is 5.92 Å². The maximum absolute atomic E-state index is 5.38. The van der Waals surface area contributed by atoms with Gasteiger partial charge >= 0.3 is 0 Å². The third-order valence-corrected chi connectivity index (χ3v) is 3.17. The van der Waals surface area contributed by atoms with Gasteiger partial charge in [-0.1, -0.05) is 18.1 Å². The Bertz CT molecular complexity index is 202. The Morgan fingerprint density at radius 2 is 2.00 bits per heavy atom. The van der Waals surface area contributed by atoms with Crippen LogP contribution in [-0.4, -0.2) is 26.3 Å². The SMILES string of the molecule is CC1CNCCC1=C1CCOCC1. The molecule has 0 aromatic rings. The van der Waals surface area contributed by atoms with Gasteiger partial charge in [-0.05, 0) is 31.7 Å². The Hall–Kier alpha value is -0.340. The van der Waals surface area contributed by atoms with E-state index in [1.165, 1.54) is 32.4 Å². The van der Waals surface area contributed by atoms with E-state index >= 15 is 0 Å². The summed E-state index contributed by atoms with van der Waals surface area (Å²) in [5, 5.41) is 3.44. The topological polar surface area (TPSA) is 21.3 Å². The highest BCUT2D eigenvalue weighted by Gasteiger charge is 2.19. The predicted octanol–water partition coefficient (Wildman–Crippen LogP) is 1.72. The number of hydrogen-bond donors (Lipinski definition) is 1. The average Bonchev–Trinajstić information content (AvgIpc) is 2.20. The molecule has 0 aromatic heterocycles. The summed E-state index contributed by atoms with van der Waals surface area (Å²) in [4.78, 5) is 0. The van der Waals surface area contributed by atoms with E-state index in [-0.39, 0.29) is 0 Å². The molecule has 2 fully saturated rings. The van der Waals surface area contributed by atoms with Gasteiger partial charge in [0.05, 0.1) is 13.2 Å². The minimum absolute atomic E-state index is 0.752. The summed E-state index contributed by atoms with van der Waals surface area (Å²) in [5.41, 5.74) is 3.42. The lowest BCUT2D eigenvalue weighted by Gasteiger charge is -2.28. The van der Waals surface area contributed by atoms with Crippen LogP contribution in [0.2, 0.25) is 0 Å². The number of nitrogens with one attached hydrogen (secondary N) is 1.